The normalized spacial score (nSPS) is 16.9. The zero-order valence-electron chi connectivity index (χ0n) is 19.7. The van der Waals surface area contributed by atoms with Gasteiger partial charge >= 0.3 is 6.09 Å². The van der Waals surface area contributed by atoms with E-state index in [1.54, 1.807) is 6.92 Å². The van der Waals surface area contributed by atoms with Crippen molar-refractivity contribution in [2.75, 3.05) is 18.6 Å². The Morgan fingerprint density at radius 2 is 1.71 bits per heavy atom. The Labute approximate surface area is 201 Å². The van der Waals surface area contributed by atoms with Gasteiger partial charge in [0.2, 0.25) is 0 Å². The third-order valence-electron chi connectivity index (χ3n) is 6.15. The number of nitrogens with one attached hydrogen (secondary N) is 1. The van der Waals surface area contributed by atoms with Gasteiger partial charge in [0, 0.05) is 13.6 Å². The van der Waals surface area contributed by atoms with Gasteiger partial charge in [-0.25, -0.2) is 4.79 Å². The molecule has 178 valence electrons. The van der Waals surface area contributed by atoms with E-state index in [0.717, 1.165) is 28.1 Å². The van der Waals surface area contributed by atoms with Crippen LogP contribution in [0.25, 0.3) is 0 Å². The van der Waals surface area contributed by atoms with E-state index in [9.17, 15) is 9.90 Å². The van der Waals surface area contributed by atoms with Crippen LogP contribution in [0.2, 0.25) is 0 Å². The number of anilines is 1. The number of amides is 1. The maximum Gasteiger partial charge on any atom is 0.407 e. The lowest BCUT2D eigenvalue weighted by atomic mass is 9.84. The number of ether oxygens (including phenoxy) is 2. The summed E-state index contributed by atoms with van der Waals surface area (Å²) in [7, 11) is 2.05. The molecule has 0 heterocycles. The number of nitrogens with zero attached hydrogens (tertiary/aromatic N) is 1. The van der Waals surface area contributed by atoms with Crippen molar-refractivity contribution < 1.29 is 19.4 Å². The first-order valence-corrected chi connectivity index (χ1v) is 11.8. The van der Waals surface area contributed by atoms with E-state index in [1.165, 1.54) is 5.56 Å². The largest absolute Gasteiger partial charge is 0.487 e. The fraction of sp³-hybridized carbons (Fsp3) is 0.321. The summed E-state index contributed by atoms with van der Waals surface area (Å²) >= 11 is 0. The lowest BCUT2D eigenvalue weighted by Gasteiger charge is -2.34. The summed E-state index contributed by atoms with van der Waals surface area (Å²) < 4.78 is 11.3. The van der Waals surface area contributed by atoms with E-state index in [2.05, 4.69) is 22.3 Å². The summed E-state index contributed by atoms with van der Waals surface area (Å²) in [6.45, 7) is 3.22. The van der Waals surface area contributed by atoms with Crippen LogP contribution in [0.1, 0.15) is 41.7 Å². The van der Waals surface area contributed by atoms with Crippen LogP contribution in [0.15, 0.2) is 72.8 Å². The van der Waals surface area contributed by atoms with Gasteiger partial charge < -0.3 is 24.8 Å². The number of hydrogen-bond acceptors (Lipinski definition) is 5. The average molecular weight is 461 g/mol. The Balaban J connectivity index is 1.64. The minimum Gasteiger partial charge on any atom is -0.487 e. The molecule has 6 heteroatoms. The first kappa shape index (κ1) is 23.6. The second kappa shape index (κ2) is 11.1. The standard InChI is InChI=1S/C28H32N2O4/c1-3-33-28(32)29-24-16-14-22-23(27(24)31)15-17-25(34-19-21-12-8-5-9-13-21)26(22)30(2)18-20-10-6-4-7-11-20/h4-13,15,17,24,27,31H,3,14,16,18-19H2,1-2H3,(H,29,32)/t24-,27-/m0/s1. The molecule has 0 aromatic heterocycles. The van der Waals surface area contributed by atoms with Crippen LogP contribution in [0.5, 0.6) is 5.75 Å². The van der Waals surface area contributed by atoms with Gasteiger partial charge in [-0.3, -0.25) is 0 Å². The smallest absolute Gasteiger partial charge is 0.407 e. The zero-order valence-corrected chi connectivity index (χ0v) is 19.7. The fourth-order valence-electron chi connectivity index (χ4n) is 4.53. The Kier molecular flexibility index (Phi) is 7.70. The summed E-state index contributed by atoms with van der Waals surface area (Å²) in [5.41, 5.74) is 5.13. The highest BCUT2D eigenvalue weighted by Crippen LogP contribution is 2.42. The molecule has 0 spiro atoms. The van der Waals surface area contributed by atoms with E-state index < -0.39 is 18.2 Å². The minimum absolute atomic E-state index is 0.293. The molecule has 2 N–H and O–H groups in total. The van der Waals surface area contributed by atoms with Crippen molar-refractivity contribution in [2.45, 2.75) is 45.1 Å². The van der Waals surface area contributed by atoms with Crippen molar-refractivity contribution in [3.8, 4) is 5.75 Å². The van der Waals surface area contributed by atoms with Crippen molar-refractivity contribution in [2.24, 2.45) is 0 Å². The summed E-state index contributed by atoms with van der Waals surface area (Å²) in [5, 5.41) is 13.9. The van der Waals surface area contributed by atoms with Gasteiger partial charge in [0.1, 0.15) is 12.4 Å². The molecule has 2 atom stereocenters. The molecular formula is C28H32N2O4. The number of aliphatic hydroxyl groups excluding tert-OH is 1. The average Bonchev–Trinajstić information content (AvgIpc) is 2.85. The molecule has 6 nitrogen and oxygen atoms in total. The maximum absolute atomic E-state index is 11.9. The van der Waals surface area contributed by atoms with Gasteiger partial charge in [-0.1, -0.05) is 66.7 Å². The van der Waals surface area contributed by atoms with Crippen LogP contribution < -0.4 is 15.0 Å². The Morgan fingerprint density at radius 3 is 2.38 bits per heavy atom. The number of fused-ring (bicyclic) bond motifs is 1. The number of carbonyl (C=O) groups excluding carboxylic acids is 1. The van der Waals surface area contributed by atoms with Gasteiger partial charge in [-0.15, -0.1) is 0 Å². The molecule has 1 aliphatic rings. The number of hydrogen-bond donors (Lipinski definition) is 2. The highest BCUT2D eigenvalue weighted by Gasteiger charge is 2.33. The highest BCUT2D eigenvalue weighted by molar-refractivity contribution is 5.69. The lowest BCUT2D eigenvalue weighted by molar-refractivity contribution is 0.0982. The van der Waals surface area contributed by atoms with Gasteiger partial charge in [0.15, 0.2) is 0 Å². The van der Waals surface area contributed by atoms with Crippen molar-refractivity contribution in [1.82, 2.24) is 5.32 Å². The van der Waals surface area contributed by atoms with Crippen LogP contribution in [0.3, 0.4) is 0 Å². The predicted octanol–water partition coefficient (Wildman–Crippen LogP) is 5.00. The third kappa shape index (κ3) is 5.51. The topological polar surface area (TPSA) is 71.0 Å². The molecule has 34 heavy (non-hydrogen) atoms. The number of aliphatic hydroxyl groups is 1. The molecule has 4 rings (SSSR count). The van der Waals surface area contributed by atoms with Gasteiger partial charge in [-0.05, 0) is 48.1 Å². The predicted molar refractivity (Wildman–Crippen MR) is 133 cm³/mol. The van der Waals surface area contributed by atoms with E-state index in [4.69, 9.17) is 9.47 Å². The van der Waals surface area contributed by atoms with Crippen molar-refractivity contribution >= 4 is 11.8 Å². The van der Waals surface area contributed by atoms with Crippen LogP contribution in [-0.2, 0) is 24.3 Å². The molecule has 3 aromatic rings. The van der Waals surface area contributed by atoms with E-state index in [0.29, 0.717) is 32.6 Å². The van der Waals surface area contributed by atoms with Crippen LogP contribution in [0.4, 0.5) is 10.5 Å². The first-order chi connectivity index (χ1) is 16.6. The van der Waals surface area contributed by atoms with E-state index in [-0.39, 0.29) is 0 Å². The first-order valence-electron chi connectivity index (χ1n) is 11.8. The Morgan fingerprint density at radius 1 is 1.03 bits per heavy atom. The molecule has 1 amide bonds. The quantitative estimate of drug-likeness (QED) is 0.495. The lowest BCUT2D eigenvalue weighted by Crippen LogP contribution is -2.42. The number of carbonyl (C=O) groups is 1. The van der Waals surface area contributed by atoms with Crippen molar-refractivity contribution in [1.29, 1.82) is 0 Å². The van der Waals surface area contributed by atoms with Gasteiger partial charge in [0.25, 0.3) is 0 Å². The Bertz CT molecular complexity index is 1090. The number of alkyl carbamates (subject to hydrolysis) is 1. The SMILES string of the molecule is CCOC(=O)N[C@H]1CCc2c(ccc(OCc3ccccc3)c2N(C)Cc2ccccc2)[C@@H]1O. The van der Waals surface area contributed by atoms with Crippen LogP contribution >= 0.6 is 0 Å². The summed E-state index contributed by atoms with van der Waals surface area (Å²) in [4.78, 5) is 14.1. The molecule has 1 aliphatic carbocycles. The molecule has 0 fully saturated rings. The molecule has 3 aromatic carbocycles. The molecule has 0 radical (unpaired) electrons. The molecule has 0 bridgehead atoms. The van der Waals surface area contributed by atoms with Gasteiger partial charge in [0.05, 0.1) is 24.4 Å². The second-order valence-corrected chi connectivity index (χ2v) is 8.55. The maximum atomic E-state index is 11.9. The summed E-state index contributed by atoms with van der Waals surface area (Å²) in [5.74, 6) is 0.782. The van der Waals surface area contributed by atoms with Crippen LogP contribution in [-0.4, -0.2) is 30.9 Å². The molecular weight excluding hydrogens is 428 g/mol. The summed E-state index contributed by atoms with van der Waals surface area (Å²) in [6, 6.07) is 23.8. The zero-order chi connectivity index (χ0) is 23.9. The van der Waals surface area contributed by atoms with Crippen molar-refractivity contribution in [3.05, 3.63) is 95.1 Å². The minimum atomic E-state index is -0.819. The number of rotatable bonds is 8. The third-order valence-corrected chi connectivity index (χ3v) is 6.15. The van der Waals surface area contributed by atoms with E-state index >= 15 is 0 Å². The highest BCUT2D eigenvalue weighted by atomic mass is 16.5. The molecule has 0 aliphatic heterocycles. The molecule has 0 saturated heterocycles. The van der Waals surface area contributed by atoms with Crippen LogP contribution in [0, 0.1) is 0 Å². The fourth-order valence-corrected chi connectivity index (χ4v) is 4.53. The molecule has 0 saturated carbocycles. The number of benzene rings is 3. The van der Waals surface area contributed by atoms with Crippen molar-refractivity contribution in [3.63, 3.8) is 0 Å². The monoisotopic (exact) mass is 460 g/mol. The van der Waals surface area contributed by atoms with Gasteiger partial charge in [-0.2, -0.15) is 0 Å². The Hall–Kier alpha value is -3.51. The molecule has 0 unspecified atom stereocenters. The second-order valence-electron chi connectivity index (χ2n) is 8.55. The van der Waals surface area contributed by atoms with E-state index in [1.807, 2.05) is 67.7 Å². The summed E-state index contributed by atoms with van der Waals surface area (Å²) in [6.07, 6.45) is 0.00123.